The van der Waals surface area contributed by atoms with Gasteiger partial charge in [-0.25, -0.2) is 0 Å². The van der Waals surface area contributed by atoms with Crippen LogP contribution in [0, 0.1) is 23.2 Å². The van der Waals surface area contributed by atoms with E-state index in [9.17, 15) is 5.26 Å². The van der Waals surface area contributed by atoms with Gasteiger partial charge >= 0.3 is 0 Å². The van der Waals surface area contributed by atoms with E-state index in [1.54, 1.807) is 0 Å². The molecule has 18 heavy (non-hydrogen) atoms. The quantitative estimate of drug-likeness (QED) is 0.765. The zero-order valence-corrected chi connectivity index (χ0v) is 11.6. The summed E-state index contributed by atoms with van der Waals surface area (Å²) in [4.78, 5) is 4.95. The molecule has 0 N–H and O–H groups in total. The zero-order valence-electron chi connectivity index (χ0n) is 11.6. The first kappa shape index (κ1) is 12.4. The molecule has 1 aliphatic heterocycles. The van der Waals surface area contributed by atoms with E-state index in [2.05, 4.69) is 22.9 Å². The fourth-order valence-electron chi connectivity index (χ4n) is 3.98. The van der Waals surface area contributed by atoms with Gasteiger partial charge in [0.1, 0.15) is 5.54 Å². The average Bonchev–Trinajstić information content (AvgIpc) is 2.24. The summed E-state index contributed by atoms with van der Waals surface area (Å²) >= 11 is 0. The molecular formula is C15H25N3. The Morgan fingerprint density at radius 3 is 1.78 bits per heavy atom. The van der Waals surface area contributed by atoms with Crippen molar-refractivity contribution in [1.29, 1.82) is 5.26 Å². The van der Waals surface area contributed by atoms with Crippen molar-refractivity contribution in [2.45, 2.75) is 44.1 Å². The summed E-state index contributed by atoms with van der Waals surface area (Å²) in [5.41, 5.74) is -0.0994. The number of rotatable bonds is 3. The molecule has 3 heteroatoms. The molecule has 1 saturated heterocycles. The number of hydrogen-bond donors (Lipinski definition) is 0. The van der Waals surface area contributed by atoms with Gasteiger partial charge in [0, 0.05) is 26.2 Å². The highest BCUT2D eigenvalue weighted by molar-refractivity contribution is 5.19. The number of hydrogen-bond acceptors (Lipinski definition) is 3. The van der Waals surface area contributed by atoms with Crippen LogP contribution in [0.1, 0.15) is 38.5 Å². The molecule has 0 bridgehead atoms. The molecule has 3 aliphatic rings. The highest BCUT2D eigenvalue weighted by atomic mass is 15.3. The number of piperazine rings is 1. The third-order valence-electron chi connectivity index (χ3n) is 5.66. The molecule has 0 atom stereocenters. The van der Waals surface area contributed by atoms with Crippen molar-refractivity contribution in [3.8, 4) is 6.07 Å². The van der Waals surface area contributed by atoms with E-state index in [0.29, 0.717) is 11.8 Å². The molecule has 0 aromatic rings. The minimum Gasteiger partial charge on any atom is -0.304 e. The topological polar surface area (TPSA) is 30.3 Å². The van der Waals surface area contributed by atoms with Crippen LogP contribution in [0.5, 0.6) is 0 Å². The largest absolute Gasteiger partial charge is 0.304 e. The Balaban J connectivity index is 1.81. The minimum absolute atomic E-state index is 0.0994. The van der Waals surface area contributed by atoms with Gasteiger partial charge in [0.05, 0.1) is 6.07 Å². The first-order valence-electron chi connectivity index (χ1n) is 7.62. The van der Waals surface area contributed by atoms with Gasteiger partial charge < -0.3 is 4.90 Å². The molecule has 0 spiro atoms. The average molecular weight is 247 g/mol. The van der Waals surface area contributed by atoms with Crippen LogP contribution in [-0.4, -0.2) is 48.6 Å². The smallest absolute Gasteiger partial charge is 0.114 e. The summed E-state index contributed by atoms with van der Waals surface area (Å²) < 4.78 is 0. The number of nitrogens with zero attached hydrogens (tertiary/aromatic N) is 3. The van der Waals surface area contributed by atoms with Crippen molar-refractivity contribution in [3.05, 3.63) is 0 Å². The first-order chi connectivity index (χ1) is 8.77. The molecule has 2 aliphatic carbocycles. The van der Waals surface area contributed by atoms with Crippen molar-refractivity contribution in [2.24, 2.45) is 11.8 Å². The Morgan fingerprint density at radius 2 is 1.44 bits per heavy atom. The van der Waals surface area contributed by atoms with Crippen LogP contribution in [0.25, 0.3) is 0 Å². The van der Waals surface area contributed by atoms with Gasteiger partial charge in [-0.05, 0) is 44.6 Å². The summed E-state index contributed by atoms with van der Waals surface area (Å²) in [6, 6.07) is 2.81. The molecule has 0 amide bonds. The Bertz CT molecular complexity index is 316. The third-order valence-corrected chi connectivity index (χ3v) is 5.66. The van der Waals surface area contributed by atoms with Crippen LogP contribution in [0.15, 0.2) is 0 Å². The van der Waals surface area contributed by atoms with E-state index in [-0.39, 0.29) is 5.54 Å². The first-order valence-corrected chi connectivity index (χ1v) is 7.62. The van der Waals surface area contributed by atoms with Crippen LogP contribution in [-0.2, 0) is 0 Å². The fraction of sp³-hybridized carbons (Fsp3) is 0.933. The Hall–Kier alpha value is -0.590. The summed E-state index contributed by atoms with van der Waals surface area (Å²) in [7, 11) is 2.19. The maximum absolute atomic E-state index is 9.96. The normalized spacial score (nSPS) is 28.4. The lowest BCUT2D eigenvalue weighted by Gasteiger charge is -2.55. The van der Waals surface area contributed by atoms with Gasteiger partial charge in [0.15, 0.2) is 0 Å². The van der Waals surface area contributed by atoms with Crippen molar-refractivity contribution in [1.82, 2.24) is 9.80 Å². The maximum atomic E-state index is 9.96. The van der Waals surface area contributed by atoms with E-state index in [4.69, 9.17) is 0 Å². The second-order valence-corrected chi connectivity index (χ2v) is 6.48. The third kappa shape index (κ3) is 1.78. The van der Waals surface area contributed by atoms with Crippen LogP contribution < -0.4 is 0 Å². The zero-order chi connectivity index (χ0) is 12.6. The van der Waals surface area contributed by atoms with Crippen LogP contribution in [0.2, 0.25) is 0 Å². The van der Waals surface area contributed by atoms with Crippen molar-refractivity contribution < 1.29 is 0 Å². The second-order valence-electron chi connectivity index (χ2n) is 6.48. The molecule has 0 radical (unpaired) electrons. The van der Waals surface area contributed by atoms with E-state index < -0.39 is 0 Å². The highest BCUT2D eigenvalue weighted by Gasteiger charge is 2.53. The summed E-state index contributed by atoms with van der Waals surface area (Å²) in [6.45, 7) is 4.44. The molecule has 0 aromatic carbocycles. The van der Waals surface area contributed by atoms with Crippen molar-refractivity contribution in [3.63, 3.8) is 0 Å². The molecule has 2 saturated carbocycles. The fourth-order valence-corrected chi connectivity index (χ4v) is 3.98. The number of likely N-dealkylation sites (N-methyl/N-ethyl adjacent to an activating group) is 1. The van der Waals surface area contributed by atoms with Gasteiger partial charge in [0.2, 0.25) is 0 Å². The van der Waals surface area contributed by atoms with Gasteiger partial charge in [0.25, 0.3) is 0 Å². The van der Waals surface area contributed by atoms with Crippen LogP contribution in [0.3, 0.4) is 0 Å². The molecular weight excluding hydrogens is 222 g/mol. The predicted molar refractivity (Wildman–Crippen MR) is 72.1 cm³/mol. The number of nitriles is 1. The lowest BCUT2D eigenvalue weighted by molar-refractivity contribution is -0.0513. The highest BCUT2D eigenvalue weighted by Crippen LogP contribution is 2.50. The molecule has 100 valence electrons. The van der Waals surface area contributed by atoms with Crippen LogP contribution >= 0.6 is 0 Å². The summed E-state index contributed by atoms with van der Waals surface area (Å²) in [5.74, 6) is 1.33. The second kappa shape index (κ2) is 4.83. The van der Waals surface area contributed by atoms with Crippen molar-refractivity contribution >= 4 is 0 Å². The monoisotopic (exact) mass is 247 g/mol. The van der Waals surface area contributed by atoms with Crippen LogP contribution in [0.4, 0.5) is 0 Å². The maximum Gasteiger partial charge on any atom is 0.114 e. The lowest BCUT2D eigenvalue weighted by atomic mass is 9.59. The van der Waals surface area contributed by atoms with Crippen molar-refractivity contribution in [2.75, 3.05) is 33.2 Å². The Morgan fingerprint density at radius 1 is 0.944 bits per heavy atom. The summed E-state index contributed by atoms with van der Waals surface area (Å²) in [5, 5.41) is 9.96. The molecule has 0 unspecified atom stereocenters. The summed E-state index contributed by atoms with van der Waals surface area (Å²) in [6.07, 6.45) is 7.84. The standard InChI is InChI=1S/C15H25N3/c1-17-8-10-18(11-9-17)15(12-16,13-4-2-5-13)14-6-3-7-14/h13-14H,2-11H2,1H3. The van der Waals surface area contributed by atoms with Gasteiger partial charge in [-0.3, -0.25) is 4.90 Å². The molecule has 3 nitrogen and oxygen atoms in total. The minimum atomic E-state index is -0.0994. The predicted octanol–water partition coefficient (Wildman–Crippen LogP) is 2.10. The molecule has 0 aromatic heterocycles. The van der Waals surface area contributed by atoms with E-state index in [0.717, 1.165) is 26.2 Å². The lowest BCUT2D eigenvalue weighted by Crippen LogP contribution is -2.64. The Labute approximate surface area is 111 Å². The molecule has 3 rings (SSSR count). The molecule has 3 fully saturated rings. The molecule has 1 heterocycles. The van der Waals surface area contributed by atoms with Gasteiger partial charge in [-0.1, -0.05) is 12.8 Å². The Kier molecular flexibility index (Phi) is 3.34. The SMILES string of the molecule is CN1CCN(C(C#N)(C2CCC2)C2CCC2)CC1. The van der Waals surface area contributed by atoms with Gasteiger partial charge in [-0.2, -0.15) is 5.26 Å². The van der Waals surface area contributed by atoms with E-state index >= 15 is 0 Å². The van der Waals surface area contributed by atoms with E-state index in [1.165, 1.54) is 38.5 Å². The van der Waals surface area contributed by atoms with E-state index in [1.807, 2.05) is 0 Å². The van der Waals surface area contributed by atoms with Gasteiger partial charge in [-0.15, -0.1) is 0 Å².